The number of carbonyl (C=O) groups is 1. The summed E-state index contributed by atoms with van der Waals surface area (Å²) in [7, 11) is 0. The van der Waals surface area contributed by atoms with Gasteiger partial charge >= 0.3 is 0 Å². The molecule has 0 aliphatic carbocycles. The van der Waals surface area contributed by atoms with Crippen LogP contribution in [-0.2, 0) is 4.74 Å². The van der Waals surface area contributed by atoms with Crippen molar-refractivity contribution in [2.45, 2.75) is 6.92 Å². The van der Waals surface area contributed by atoms with E-state index in [1.807, 2.05) is 19.1 Å². The van der Waals surface area contributed by atoms with Gasteiger partial charge in [0, 0.05) is 35.9 Å². The van der Waals surface area contributed by atoms with Crippen molar-refractivity contribution in [2.75, 3.05) is 43.1 Å². The number of amides is 1. The molecule has 1 N–H and O–H groups in total. The first-order valence-electron chi connectivity index (χ1n) is 8.20. The molecule has 0 spiro atoms. The Kier molecular flexibility index (Phi) is 5.73. The minimum Gasteiger partial charge on any atom is -0.478 e. The summed E-state index contributed by atoms with van der Waals surface area (Å²) < 4.78 is 10.7. The number of hydrogen-bond acceptors (Lipinski definition) is 5. The van der Waals surface area contributed by atoms with Crippen LogP contribution in [0.4, 0.5) is 11.4 Å². The molecular formula is C18H20ClN3O3. The summed E-state index contributed by atoms with van der Waals surface area (Å²) in [6, 6.07) is 8.77. The Labute approximate surface area is 151 Å². The molecule has 0 atom stereocenters. The Morgan fingerprint density at radius 3 is 2.88 bits per heavy atom. The molecule has 1 fully saturated rings. The molecule has 2 aromatic rings. The lowest BCUT2D eigenvalue weighted by molar-refractivity contribution is 0.102. The number of nitrogens with one attached hydrogen (secondary N) is 1. The SMILES string of the molecule is CCOc1cc(C(=O)Nc2cc(Cl)ccc2N2CCOCC2)ccn1. The molecule has 1 saturated heterocycles. The minimum absolute atomic E-state index is 0.236. The van der Waals surface area contributed by atoms with Gasteiger partial charge in [0.25, 0.3) is 5.91 Å². The van der Waals surface area contributed by atoms with Gasteiger partial charge in [-0.05, 0) is 31.2 Å². The normalized spacial score (nSPS) is 14.2. The van der Waals surface area contributed by atoms with Crippen LogP contribution in [0.5, 0.6) is 5.88 Å². The number of rotatable bonds is 5. The van der Waals surface area contributed by atoms with Crippen LogP contribution in [0.1, 0.15) is 17.3 Å². The van der Waals surface area contributed by atoms with Crippen LogP contribution in [-0.4, -0.2) is 43.8 Å². The van der Waals surface area contributed by atoms with E-state index in [4.69, 9.17) is 21.1 Å². The van der Waals surface area contributed by atoms with Crippen molar-refractivity contribution < 1.29 is 14.3 Å². The van der Waals surface area contributed by atoms with Gasteiger partial charge in [-0.25, -0.2) is 4.98 Å². The van der Waals surface area contributed by atoms with Gasteiger partial charge in [0.15, 0.2) is 0 Å². The van der Waals surface area contributed by atoms with E-state index in [2.05, 4.69) is 15.2 Å². The molecular weight excluding hydrogens is 342 g/mol. The number of anilines is 2. The van der Waals surface area contributed by atoms with Gasteiger partial charge in [-0.3, -0.25) is 4.79 Å². The monoisotopic (exact) mass is 361 g/mol. The highest BCUT2D eigenvalue weighted by Crippen LogP contribution is 2.30. The molecule has 0 bridgehead atoms. The van der Waals surface area contributed by atoms with Gasteiger partial charge in [-0.1, -0.05) is 11.6 Å². The lowest BCUT2D eigenvalue weighted by atomic mass is 10.2. The van der Waals surface area contributed by atoms with Crippen LogP contribution in [0.15, 0.2) is 36.5 Å². The second-order valence-electron chi connectivity index (χ2n) is 5.53. The van der Waals surface area contributed by atoms with E-state index in [9.17, 15) is 4.79 Å². The van der Waals surface area contributed by atoms with E-state index < -0.39 is 0 Å². The smallest absolute Gasteiger partial charge is 0.255 e. The lowest BCUT2D eigenvalue weighted by Crippen LogP contribution is -2.36. The summed E-state index contributed by atoms with van der Waals surface area (Å²) in [5.74, 6) is 0.190. The first kappa shape index (κ1) is 17.5. The Bertz CT molecular complexity index is 748. The zero-order valence-electron chi connectivity index (χ0n) is 14.0. The average Bonchev–Trinajstić information content (AvgIpc) is 2.63. The zero-order valence-corrected chi connectivity index (χ0v) is 14.8. The molecule has 1 amide bonds. The highest BCUT2D eigenvalue weighted by atomic mass is 35.5. The molecule has 7 heteroatoms. The van der Waals surface area contributed by atoms with Crippen LogP contribution in [0.25, 0.3) is 0 Å². The minimum atomic E-state index is -0.236. The number of halogens is 1. The molecule has 25 heavy (non-hydrogen) atoms. The molecule has 132 valence electrons. The summed E-state index contributed by atoms with van der Waals surface area (Å²) in [5, 5.41) is 3.51. The van der Waals surface area contributed by atoms with Crippen molar-refractivity contribution in [3.05, 3.63) is 47.1 Å². The Hall–Kier alpha value is -2.31. The van der Waals surface area contributed by atoms with Crippen LogP contribution in [0, 0.1) is 0 Å². The average molecular weight is 362 g/mol. The number of ether oxygens (including phenoxy) is 2. The fourth-order valence-electron chi connectivity index (χ4n) is 2.66. The van der Waals surface area contributed by atoms with Crippen LogP contribution in [0.3, 0.4) is 0 Å². The lowest BCUT2D eigenvalue weighted by Gasteiger charge is -2.30. The van der Waals surface area contributed by atoms with E-state index in [-0.39, 0.29) is 5.91 Å². The van der Waals surface area contributed by atoms with Crippen molar-refractivity contribution in [3.63, 3.8) is 0 Å². The van der Waals surface area contributed by atoms with E-state index in [1.54, 1.807) is 24.4 Å². The third-order valence-corrected chi connectivity index (χ3v) is 4.08. The van der Waals surface area contributed by atoms with Crippen molar-refractivity contribution in [2.24, 2.45) is 0 Å². The Morgan fingerprint density at radius 2 is 2.12 bits per heavy atom. The maximum atomic E-state index is 12.6. The molecule has 1 aromatic heterocycles. The first-order chi connectivity index (χ1) is 12.2. The second kappa shape index (κ2) is 8.18. The van der Waals surface area contributed by atoms with Crippen molar-refractivity contribution >= 4 is 28.9 Å². The summed E-state index contributed by atoms with van der Waals surface area (Å²) in [6.07, 6.45) is 1.56. The molecule has 1 aliphatic rings. The van der Waals surface area contributed by atoms with E-state index in [1.165, 1.54) is 0 Å². The van der Waals surface area contributed by atoms with Gasteiger partial charge in [-0.15, -0.1) is 0 Å². The molecule has 1 aliphatic heterocycles. The van der Waals surface area contributed by atoms with Gasteiger partial charge in [0.1, 0.15) is 0 Å². The number of benzene rings is 1. The zero-order chi connectivity index (χ0) is 17.6. The molecule has 0 radical (unpaired) electrons. The standard InChI is InChI=1S/C18H20ClN3O3/c1-2-25-17-11-13(5-6-20-17)18(23)21-15-12-14(19)3-4-16(15)22-7-9-24-10-8-22/h3-6,11-12H,2,7-10H2,1H3,(H,21,23). The Balaban J connectivity index is 1.82. The highest BCUT2D eigenvalue weighted by Gasteiger charge is 2.17. The van der Waals surface area contributed by atoms with Crippen molar-refractivity contribution in [1.29, 1.82) is 0 Å². The second-order valence-corrected chi connectivity index (χ2v) is 5.97. The third-order valence-electron chi connectivity index (χ3n) is 3.85. The number of pyridine rings is 1. The van der Waals surface area contributed by atoms with Crippen LogP contribution >= 0.6 is 11.6 Å². The highest BCUT2D eigenvalue weighted by molar-refractivity contribution is 6.31. The predicted molar refractivity (Wildman–Crippen MR) is 97.8 cm³/mol. The summed E-state index contributed by atoms with van der Waals surface area (Å²) >= 11 is 6.13. The summed E-state index contributed by atoms with van der Waals surface area (Å²) in [4.78, 5) is 18.9. The molecule has 6 nitrogen and oxygen atoms in total. The predicted octanol–water partition coefficient (Wildman–Crippen LogP) is 3.22. The van der Waals surface area contributed by atoms with E-state index in [0.717, 1.165) is 18.8 Å². The molecule has 0 saturated carbocycles. The molecule has 2 heterocycles. The number of aromatic nitrogens is 1. The largest absolute Gasteiger partial charge is 0.478 e. The van der Waals surface area contributed by atoms with Crippen LogP contribution < -0.4 is 15.0 Å². The third kappa shape index (κ3) is 4.41. The maximum absolute atomic E-state index is 12.6. The van der Waals surface area contributed by atoms with Crippen LogP contribution in [0.2, 0.25) is 5.02 Å². The van der Waals surface area contributed by atoms with E-state index in [0.29, 0.717) is 42.0 Å². The number of nitrogens with zero attached hydrogens (tertiary/aromatic N) is 2. The molecule has 3 rings (SSSR count). The first-order valence-corrected chi connectivity index (χ1v) is 8.57. The Morgan fingerprint density at radius 1 is 1.32 bits per heavy atom. The molecule has 1 aromatic carbocycles. The van der Waals surface area contributed by atoms with Gasteiger partial charge < -0.3 is 19.7 Å². The fourth-order valence-corrected chi connectivity index (χ4v) is 2.83. The summed E-state index contributed by atoms with van der Waals surface area (Å²) in [5.41, 5.74) is 2.08. The topological polar surface area (TPSA) is 63.7 Å². The number of hydrogen-bond donors (Lipinski definition) is 1. The summed E-state index contributed by atoms with van der Waals surface area (Å²) in [6.45, 7) is 5.24. The number of carbonyl (C=O) groups excluding carboxylic acids is 1. The quantitative estimate of drug-likeness (QED) is 0.885. The molecule has 0 unspecified atom stereocenters. The van der Waals surface area contributed by atoms with E-state index >= 15 is 0 Å². The van der Waals surface area contributed by atoms with Gasteiger partial charge in [0.05, 0.1) is 31.2 Å². The maximum Gasteiger partial charge on any atom is 0.255 e. The van der Waals surface area contributed by atoms with Crippen molar-refractivity contribution in [3.8, 4) is 5.88 Å². The van der Waals surface area contributed by atoms with Gasteiger partial charge in [-0.2, -0.15) is 0 Å². The number of morpholine rings is 1. The van der Waals surface area contributed by atoms with Crippen molar-refractivity contribution in [1.82, 2.24) is 4.98 Å². The fraction of sp³-hybridized carbons (Fsp3) is 0.333. The van der Waals surface area contributed by atoms with Gasteiger partial charge in [0.2, 0.25) is 5.88 Å².